The highest BCUT2D eigenvalue weighted by atomic mass is 16.4. The Morgan fingerprint density at radius 2 is 1.76 bits per heavy atom. The van der Waals surface area contributed by atoms with Crippen molar-refractivity contribution in [1.29, 1.82) is 0 Å². The predicted molar refractivity (Wildman–Crippen MR) is 85.3 cm³/mol. The minimum absolute atomic E-state index is 0.0986. The maximum atomic E-state index is 12.2. The second kappa shape index (κ2) is 7.48. The van der Waals surface area contributed by atoms with Crippen molar-refractivity contribution in [3.63, 3.8) is 0 Å². The van der Waals surface area contributed by atoms with Crippen LogP contribution in [-0.4, -0.2) is 40.6 Å². The van der Waals surface area contributed by atoms with Crippen LogP contribution in [0.25, 0.3) is 0 Å². The number of carboxylic acid groups (broad SMARTS) is 1. The third-order valence-corrected chi connectivity index (χ3v) is 3.07. The standard InChI is InChI=1S/C16H30N2O3/c1-8-9-18(16(5,6)7)14(21)17-11-12(13(19)20)10-15(2,3)4/h8,12H,1,9-11H2,2-7H3,(H,17,21)(H,19,20). The Bertz CT molecular complexity index is 378. The fourth-order valence-electron chi connectivity index (χ4n) is 2.08. The molecule has 0 bridgehead atoms. The molecule has 0 aliphatic rings. The lowest BCUT2D eigenvalue weighted by Gasteiger charge is -2.35. The van der Waals surface area contributed by atoms with Crippen LogP contribution in [0.2, 0.25) is 0 Å². The van der Waals surface area contributed by atoms with E-state index in [0.717, 1.165) is 0 Å². The molecule has 21 heavy (non-hydrogen) atoms. The van der Waals surface area contributed by atoms with Gasteiger partial charge in [0.05, 0.1) is 5.92 Å². The van der Waals surface area contributed by atoms with E-state index in [1.165, 1.54) is 0 Å². The summed E-state index contributed by atoms with van der Waals surface area (Å²) in [5.74, 6) is -1.46. The van der Waals surface area contributed by atoms with Gasteiger partial charge in [0, 0.05) is 18.6 Å². The number of hydrogen-bond acceptors (Lipinski definition) is 2. The van der Waals surface area contributed by atoms with Gasteiger partial charge in [0.1, 0.15) is 0 Å². The third-order valence-electron chi connectivity index (χ3n) is 3.07. The molecule has 5 nitrogen and oxygen atoms in total. The van der Waals surface area contributed by atoms with Gasteiger partial charge in [-0.05, 0) is 32.6 Å². The fourth-order valence-corrected chi connectivity index (χ4v) is 2.08. The van der Waals surface area contributed by atoms with Gasteiger partial charge in [-0.25, -0.2) is 4.79 Å². The molecule has 0 aromatic carbocycles. The van der Waals surface area contributed by atoms with E-state index in [0.29, 0.717) is 13.0 Å². The first-order valence-electron chi connectivity index (χ1n) is 7.27. The zero-order valence-corrected chi connectivity index (χ0v) is 14.2. The van der Waals surface area contributed by atoms with Crippen molar-refractivity contribution < 1.29 is 14.7 Å². The molecule has 0 saturated heterocycles. The van der Waals surface area contributed by atoms with Gasteiger partial charge >= 0.3 is 12.0 Å². The van der Waals surface area contributed by atoms with Gasteiger partial charge in [-0.1, -0.05) is 26.8 Å². The van der Waals surface area contributed by atoms with Crippen LogP contribution in [0.4, 0.5) is 4.79 Å². The minimum Gasteiger partial charge on any atom is -0.481 e. The highest BCUT2D eigenvalue weighted by Gasteiger charge is 2.28. The van der Waals surface area contributed by atoms with Crippen LogP contribution in [0.3, 0.4) is 0 Å². The summed E-state index contributed by atoms with van der Waals surface area (Å²) in [5, 5.41) is 12.0. The van der Waals surface area contributed by atoms with Crippen molar-refractivity contribution in [1.82, 2.24) is 10.2 Å². The smallest absolute Gasteiger partial charge is 0.318 e. The van der Waals surface area contributed by atoms with Gasteiger partial charge in [0.25, 0.3) is 0 Å². The minimum atomic E-state index is -0.878. The quantitative estimate of drug-likeness (QED) is 0.740. The SMILES string of the molecule is C=CCN(C(=O)NCC(CC(C)(C)C)C(=O)O)C(C)(C)C. The van der Waals surface area contributed by atoms with Crippen LogP contribution in [-0.2, 0) is 4.79 Å². The molecule has 0 aliphatic carbocycles. The van der Waals surface area contributed by atoms with Crippen LogP contribution in [0.5, 0.6) is 0 Å². The molecule has 0 aromatic heterocycles. The van der Waals surface area contributed by atoms with E-state index in [9.17, 15) is 14.7 Å². The maximum Gasteiger partial charge on any atom is 0.318 e. The lowest BCUT2D eigenvalue weighted by Crippen LogP contribution is -2.51. The Hall–Kier alpha value is -1.52. The Labute approximate surface area is 128 Å². The summed E-state index contributed by atoms with van der Waals surface area (Å²) >= 11 is 0. The van der Waals surface area contributed by atoms with E-state index < -0.39 is 11.9 Å². The van der Waals surface area contributed by atoms with Crippen molar-refractivity contribution in [3.05, 3.63) is 12.7 Å². The number of nitrogens with zero attached hydrogens (tertiary/aromatic N) is 1. The van der Waals surface area contributed by atoms with E-state index >= 15 is 0 Å². The fraction of sp³-hybridized carbons (Fsp3) is 0.750. The van der Waals surface area contributed by atoms with Gasteiger partial charge in [0.15, 0.2) is 0 Å². The van der Waals surface area contributed by atoms with Crippen molar-refractivity contribution in [2.75, 3.05) is 13.1 Å². The van der Waals surface area contributed by atoms with Crippen LogP contribution < -0.4 is 5.32 Å². The third kappa shape index (κ3) is 7.73. The second-order valence-electron chi connectivity index (χ2n) is 7.56. The molecule has 1 atom stereocenters. The van der Waals surface area contributed by atoms with Crippen molar-refractivity contribution in [3.8, 4) is 0 Å². The molecular formula is C16H30N2O3. The molecule has 0 fully saturated rings. The van der Waals surface area contributed by atoms with E-state index in [-0.39, 0.29) is 23.5 Å². The van der Waals surface area contributed by atoms with Crippen LogP contribution in [0.15, 0.2) is 12.7 Å². The molecule has 0 heterocycles. The highest BCUT2D eigenvalue weighted by Crippen LogP contribution is 2.24. The van der Waals surface area contributed by atoms with Gasteiger partial charge in [-0.15, -0.1) is 6.58 Å². The maximum absolute atomic E-state index is 12.2. The zero-order chi connectivity index (χ0) is 16.8. The topological polar surface area (TPSA) is 69.6 Å². The van der Waals surface area contributed by atoms with Gasteiger partial charge in [-0.3, -0.25) is 4.79 Å². The molecule has 0 saturated carbocycles. The van der Waals surface area contributed by atoms with Gasteiger partial charge in [0.2, 0.25) is 0 Å². The highest BCUT2D eigenvalue weighted by molar-refractivity contribution is 5.76. The van der Waals surface area contributed by atoms with E-state index in [1.54, 1.807) is 11.0 Å². The number of carboxylic acids is 1. The molecule has 5 heteroatoms. The second-order valence-corrected chi connectivity index (χ2v) is 7.56. The first-order valence-corrected chi connectivity index (χ1v) is 7.27. The monoisotopic (exact) mass is 298 g/mol. The summed E-state index contributed by atoms with van der Waals surface area (Å²) in [6.45, 7) is 16.0. The van der Waals surface area contributed by atoms with E-state index in [2.05, 4.69) is 11.9 Å². The number of carbonyl (C=O) groups excluding carboxylic acids is 1. The molecule has 1 unspecified atom stereocenters. The Kier molecular flexibility index (Phi) is 6.94. The average Bonchev–Trinajstić information content (AvgIpc) is 2.27. The first kappa shape index (κ1) is 19.5. The van der Waals surface area contributed by atoms with Crippen LogP contribution in [0, 0.1) is 11.3 Å². The number of rotatable bonds is 6. The largest absolute Gasteiger partial charge is 0.481 e. The molecular weight excluding hydrogens is 268 g/mol. The Morgan fingerprint density at radius 3 is 2.10 bits per heavy atom. The van der Waals surface area contributed by atoms with Crippen LogP contribution >= 0.6 is 0 Å². The molecule has 0 aromatic rings. The lowest BCUT2D eigenvalue weighted by atomic mass is 9.84. The zero-order valence-electron chi connectivity index (χ0n) is 14.2. The summed E-state index contributed by atoms with van der Waals surface area (Å²) in [6.07, 6.45) is 2.17. The molecule has 2 N–H and O–H groups in total. The predicted octanol–water partition coefficient (Wildman–Crippen LogP) is 3.12. The first-order chi connectivity index (χ1) is 9.38. The summed E-state index contributed by atoms with van der Waals surface area (Å²) < 4.78 is 0. The van der Waals surface area contributed by atoms with Crippen LogP contribution in [0.1, 0.15) is 48.0 Å². The van der Waals surface area contributed by atoms with Crippen molar-refractivity contribution >= 4 is 12.0 Å². The summed E-state index contributed by atoms with van der Waals surface area (Å²) in [4.78, 5) is 25.2. The molecule has 0 spiro atoms. The van der Waals surface area contributed by atoms with Crippen molar-refractivity contribution in [2.45, 2.75) is 53.5 Å². The molecule has 0 radical (unpaired) electrons. The number of urea groups is 1. The number of hydrogen-bond donors (Lipinski definition) is 2. The van der Waals surface area contributed by atoms with Crippen molar-refractivity contribution in [2.24, 2.45) is 11.3 Å². The number of amides is 2. The number of aliphatic carboxylic acids is 1. The molecule has 0 aliphatic heterocycles. The Morgan fingerprint density at radius 1 is 1.24 bits per heavy atom. The molecule has 122 valence electrons. The molecule has 0 rings (SSSR count). The molecule has 2 amide bonds. The number of nitrogens with one attached hydrogen (secondary N) is 1. The average molecular weight is 298 g/mol. The summed E-state index contributed by atoms with van der Waals surface area (Å²) in [7, 11) is 0. The normalized spacial score (nSPS) is 13.4. The van der Waals surface area contributed by atoms with E-state index in [4.69, 9.17) is 0 Å². The summed E-state index contributed by atoms with van der Waals surface area (Å²) in [5.41, 5.74) is -0.445. The Balaban J connectivity index is 4.74. The van der Waals surface area contributed by atoms with Gasteiger partial charge < -0.3 is 15.3 Å². The summed E-state index contributed by atoms with van der Waals surface area (Å²) in [6, 6.07) is -0.262. The van der Waals surface area contributed by atoms with Gasteiger partial charge in [-0.2, -0.15) is 0 Å². The lowest BCUT2D eigenvalue weighted by molar-refractivity contribution is -0.142. The van der Waals surface area contributed by atoms with E-state index in [1.807, 2.05) is 41.5 Å². The number of carbonyl (C=O) groups is 2.